The van der Waals surface area contributed by atoms with E-state index in [0.29, 0.717) is 15.7 Å². The van der Waals surface area contributed by atoms with Crippen molar-refractivity contribution < 1.29 is 14.0 Å². The Morgan fingerprint density at radius 3 is 2.67 bits per heavy atom. The van der Waals surface area contributed by atoms with E-state index in [0.717, 1.165) is 0 Å². The van der Waals surface area contributed by atoms with Crippen LogP contribution in [-0.4, -0.2) is 36.9 Å². The number of carbonyl (C=O) groups is 2. The van der Waals surface area contributed by atoms with Crippen LogP contribution in [0.4, 0.5) is 4.39 Å². The number of likely N-dealkylation sites (N-methyl/N-ethyl adjacent to an activating group) is 2. The Balaban J connectivity index is 2.77. The second kappa shape index (κ2) is 6.67. The van der Waals surface area contributed by atoms with Gasteiger partial charge < -0.3 is 10.2 Å². The van der Waals surface area contributed by atoms with Gasteiger partial charge in [0.15, 0.2) is 0 Å². The Hall–Kier alpha value is -1.18. The molecule has 0 aliphatic heterocycles. The average molecular weight is 364 g/mol. The van der Waals surface area contributed by atoms with Crippen LogP contribution in [0.25, 0.3) is 0 Å². The van der Waals surface area contributed by atoms with Gasteiger partial charge in [0.25, 0.3) is 5.91 Å². The fourth-order valence-corrected chi connectivity index (χ4v) is 2.12. The maximum absolute atomic E-state index is 12.9. The van der Waals surface area contributed by atoms with Gasteiger partial charge in [0.1, 0.15) is 5.82 Å². The first kappa shape index (κ1) is 14.9. The van der Waals surface area contributed by atoms with E-state index < -0.39 is 0 Å². The molecule has 0 unspecified atom stereocenters. The number of amides is 2. The lowest BCUT2D eigenvalue weighted by Gasteiger charge is -2.17. The Morgan fingerprint density at radius 2 is 2.11 bits per heavy atom. The molecule has 98 valence electrons. The molecule has 1 N–H and O–H groups in total. The first-order valence-corrected chi connectivity index (χ1v) is 6.50. The third-order valence-corrected chi connectivity index (χ3v) is 3.16. The number of carbonyl (C=O) groups excluding carboxylic acids is 2. The third-order valence-electron chi connectivity index (χ3n) is 2.26. The summed E-state index contributed by atoms with van der Waals surface area (Å²) in [7, 11) is 1.54. The van der Waals surface area contributed by atoms with Gasteiger partial charge in [-0.3, -0.25) is 9.59 Å². The quantitative estimate of drug-likeness (QED) is 0.826. The van der Waals surface area contributed by atoms with Crippen molar-refractivity contribution >= 4 is 34.4 Å². The van der Waals surface area contributed by atoms with Crippen molar-refractivity contribution in [2.45, 2.75) is 6.92 Å². The molecule has 1 aromatic carbocycles. The van der Waals surface area contributed by atoms with Gasteiger partial charge in [-0.25, -0.2) is 4.39 Å². The first-order valence-electron chi connectivity index (χ1n) is 5.43. The Morgan fingerprint density at radius 1 is 1.44 bits per heavy atom. The molecule has 0 heterocycles. The summed E-state index contributed by atoms with van der Waals surface area (Å²) >= 11 is 1.90. The molecule has 18 heavy (non-hydrogen) atoms. The zero-order valence-corrected chi connectivity index (χ0v) is 12.3. The molecular formula is C12H14FIN2O2. The maximum Gasteiger partial charge on any atom is 0.255 e. The summed E-state index contributed by atoms with van der Waals surface area (Å²) in [5.41, 5.74) is 0.392. The van der Waals surface area contributed by atoms with Crippen molar-refractivity contribution in [2.24, 2.45) is 0 Å². The van der Waals surface area contributed by atoms with Gasteiger partial charge in [0.2, 0.25) is 5.91 Å². The Labute approximate surface area is 119 Å². The predicted molar refractivity (Wildman–Crippen MR) is 74.8 cm³/mol. The number of benzene rings is 1. The van der Waals surface area contributed by atoms with Crippen molar-refractivity contribution in [2.75, 3.05) is 20.1 Å². The van der Waals surface area contributed by atoms with Gasteiger partial charge in [-0.15, -0.1) is 0 Å². The van der Waals surface area contributed by atoms with Crippen LogP contribution in [0.3, 0.4) is 0 Å². The summed E-state index contributed by atoms with van der Waals surface area (Å²) < 4.78 is 13.5. The maximum atomic E-state index is 12.9. The normalized spacial score (nSPS) is 10.0. The molecule has 1 aromatic rings. The minimum absolute atomic E-state index is 0.0138. The second-order valence-corrected chi connectivity index (χ2v) is 4.90. The molecule has 0 aliphatic carbocycles. The fraction of sp³-hybridized carbons (Fsp3) is 0.333. The standard InChI is InChI=1S/C12H14FIN2O2/c1-3-15-11(17)7-16(2)12(18)9-5-4-8(13)6-10(9)14/h4-6H,3,7H2,1-2H3,(H,15,17). The second-order valence-electron chi connectivity index (χ2n) is 3.74. The number of halogens is 2. The Bertz CT molecular complexity index is 465. The van der Waals surface area contributed by atoms with Crippen LogP contribution >= 0.6 is 22.6 Å². The van der Waals surface area contributed by atoms with Crippen LogP contribution < -0.4 is 5.32 Å². The minimum atomic E-state index is -0.387. The van der Waals surface area contributed by atoms with Gasteiger partial charge in [-0.1, -0.05) is 0 Å². The summed E-state index contributed by atoms with van der Waals surface area (Å²) in [5.74, 6) is -0.904. The summed E-state index contributed by atoms with van der Waals surface area (Å²) in [6.45, 7) is 2.32. The monoisotopic (exact) mass is 364 g/mol. The zero-order chi connectivity index (χ0) is 13.7. The summed E-state index contributed by atoms with van der Waals surface area (Å²) in [4.78, 5) is 24.7. The van der Waals surface area contributed by atoms with Crippen molar-refractivity contribution in [1.82, 2.24) is 10.2 Å². The molecule has 0 aromatic heterocycles. The topological polar surface area (TPSA) is 49.4 Å². The molecule has 0 radical (unpaired) electrons. The minimum Gasteiger partial charge on any atom is -0.355 e. The van der Waals surface area contributed by atoms with Crippen LogP contribution in [0.15, 0.2) is 18.2 Å². The van der Waals surface area contributed by atoms with Gasteiger partial charge in [0.05, 0.1) is 12.1 Å². The van der Waals surface area contributed by atoms with Crippen molar-refractivity contribution in [3.63, 3.8) is 0 Å². The van der Waals surface area contributed by atoms with Crippen LogP contribution in [0.1, 0.15) is 17.3 Å². The smallest absolute Gasteiger partial charge is 0.255 e. The zero-order valence-electron chi connectivity index (χ0n) is 10.2. The molecule has 1 rings (SSSR count). The van der Waals surface area contributed by atoms with E-state index in [1.165, 1.54) is 30.1 Å². The van der Waals surface area contributed by atoms with Crippen LogP contribution in [0, 0.1) is 9.39 Å². The number of rotatable bonds is 4. The molecule has 0 fully saturated rings. The van der Waals surface area contributed by atoms with Gasteiger partial charge in [0, 0.05) is 17.2 Å². The lowest BCUT2D eigenvalue weighted by atomic mass is 10.2. The summed E-state index contributed by atoms with van der Waals surface area (Å²) in [6, 6.07) is 3.94. The van der Waals surface area contributed by atoms with E-state index in [4.69, 9.17) is 0 Å². The van der Waals surface area contributed by atoms with E-state index >= 15 is 0 Å². The van der Waals surface area contributed by atoms with E-state index in [9.17, 15) is 14.0 Å². The van der Waals surface area contributed by atoms with Gasteiger partial charge in [-0.05, 0) is 47.7 Å². The molecule has 0 bridgehead atoms. The van der Waals surface area contributed by atoms with E-state index in [1.54, 1.807) is 0 Å². The lowest BCUT2D eigenvalue weighted by Crippen LogP contribution is -2.38. The van der Waals surface area contributed by atoms with Crippen LogP contribution in [0.5, 0.6) is 0 Å². The van der Waals surface area contributed by atoms with Crippen molar-refractivity contribution in [3.05, 3.63) is 33.1 Å². The van der Waals surface area contributed by atoms with E-state index in [-0.39, 0.29) is 24.2 Å². The highest BCUT2D eigenvalue weighted by Crippen LogP contribution is 2.15. The number of hydrogen-bond donors (Lipinski definition) is 1. The number of nitrogens with zero attached hydrogens (tertiary/aromatic N) is 1. The average Bonchev–Trinajstić information content (AvgIpc) is 2.28. The predicted octanol–water partition coefficient (Wildman–Crippen LogP) is 1.64. The highest BCUT2D eigenvalue weighted by molar-refractivity contribution is 14.1. The molecule has 0 saturated carbocycles. The third kappa shape index (κ3) is 3.94. The summed E-state index contributed by atoms with van der Waals surface area (Å²) in [6.07, 6.45) is 0. The van der Waals surface area contributed by atoms with Crippen LogP contribution in [-0.2, 0) is 4.79 Å². The molecule has 0 aliphatic rings. The molecule has 6 heteroatoms. The summed E-state index contributed by atoms with van der Waals surface area (Å²) in [5, 5.41) is 2.61. The van der Waals surface area contributed by atoms with E-state index in [1.807, 2.05) is 29.5 Å². The highest BCUT2D eigenvalue weighted by Gasteiger charge is 2.17. The first-order chi connectivity index (χ1) is 8.45. The molecular weight excluding hydrogens is 350 g/mol. The van der Waals surface area contributed by atoms with E-state index in [2.05, 4.69) is 5.32 Å². The highest BCUT2D eigenvalue weighted by atomic mass is 127. The molecule has 0 atom stereocenters. The van der Waals surface area contributed by atoms with Crippen LogP contribution in [0.2, 0.25) is 0 Å². The number of nitrogens with one attached hydrogen (secondary N) is 1. The molecule has 2 amide bonds. The number of hydrogen-bond acceptors (Lipinski definition) is 2. The van der Waals surface area contributed by atoms with Crippen molar-refractivity contribution in [3.8, 4) is 0 Å². The SMILES string of the molecule is CCNC(=O)CN(C)C(=O)c1ccc(F)cc1I. The van der Waals surface area contributed by atoms with Crippen molar-refractivity contribution in [1.29, 1.82) is 0 Å². The van der Waals surface area contributed by atoms with Gasteiger partial charge >= 0.3 is 0 Å². The Kier molecular flexibility index (Phi) is 5.52. The fourth-order valence-electron chi connectivity index (χ4n) is 1.41. The molecule has 0 saturated heterocycles. The largest absolute Gasteiger partial charge is 0.355 e. The molecule has 4 nitrogen and oxygen atoms in total. The molecule has 0 spiro atoms. The lowest BCUT2D eigenvalue weighted by molar-refractivity contribution is -0.121. The van der Waals surface area contributed by atoms with Gasteiger partial charge in [-0.2, -0.15) is 0 Å².